The van der Waals surface area contributed by atoms with Crippen LogP contribution in [-0.4, -0.2) is 22.7 Å². The van der Waals surface area contributed by atoms with E-state index >= 15 is 0 Å². The first kappa shape index (κ1) is 18.5. The standard InChI is InChI=1S/C22H12ClN3O3S/c23-16-10-13(25-20(27)12-5-7-17-19(9-12)30-11-24-17)6-8-18(16)26-21(28)14-3-1-2-4-15(14)22(26)29/h1-11H,(H,25,27). The van der Waals surface area contributed by atoms with Crippen LogP contribution in [0.25, 0.3) is 10.2 Å². The number of amides is 3. The van der Waals surface area contributed by atoms with Crippen LogP contribution in [-0.2, 0) is 0 Å². The van der Waals surface area contributed by atoms with Crippen molar-refractivity contribution in [1.29, 1.82) is 0 Å². The highest BCUT2D eigenvalue weighted by Gasteiger charge is 2.37. The number of hydrogen-bond acceptors (Lipinski definition) is 5. The summed E-state index contributed by atoms with van der Waals surface area (Å²) in [7, 11) is 0. The lowest BCUT2D eigenvalue weighted by atomic mass is 10.1. The molecule has 1 N–H and O–H groups in total. The molecule has 8 heteroatoms. The van der Waals surface area contributed by atoms with E-state index in [1.807, 2.05) is 0 Å². The first-order valence-electron chi connectivity index (χ1n) is 8.95. The minimum atomic E-state index is -0.424. The second-order valence-electron chi connectivity index (χ2n) is 6.65. The van der Waals surface area contributed by atoms with E-state index in [0.717, 1.165) is 15.1 Å². The Morgan fingerprint density at radius 1 is 0.967 bits per heavy atom. The van der Waals surface area contributed by atoms with Crippen molar-refractivity contribution in [3.63, 3.8) is 0 Å². The van der Waals surface area contributed by atoms with Gasteiger partial charge in [-0.25, -0.2) is 9.88 Å². The van der Waals surface area contributed by atoms with Gasteiger partial charge in [0.05, 0.1) is 37.6 Å². The molecule has 1 aromatic heterocycles. The molecule has 146 valence electrons. The molecule has 30 heavy (non-hydrogen) atoms. The van der Waals surface area contributed by atoms with Gasteiger partial charge in [-0.3, -0.25) is 14.4 Å². The maximum atomic E-state index is 12.7. The molecule has 0 saturated heterocycles. The van der Waals surface area contributed by atoms with Crippen LogP contribution in [0.4, 0.5) is 11.4 Å². The molecule has 0 radical (unpaired) electrons. The number of aromatic nitrogens is 1. The van der Waals surface area contributed by atoms with E-state index in [2.05, 4.69) is 10.3 Å². The van der Waals surface area contributed by atoms with Crippen LogP contribution in [0.3, 0.4) is 0 Å². The predicted octanol–water partition coefficient (Wildman–Crippen LogP) is 5.00. The highest BCUT2D eigenvalue weighted by atomic mass is 35.5. The fourth-order valence-corrected chi connectivity index (χ4v) is 4.36. The van der Waals surface area contributed by atoms with Gasteiger partial charge in [0.2, 0.25) is 0 Å². The molecular weight excluding hydrogens is 422 g/mol. The molecule has 4 aromatic rings. The SMILES string of the molecule is O=C(Nc1ccc(N2C(=O)c3ccccc3C2=O)c(Cl)c1)c1ccc2ncsc2c1. The maximum absolute atomic E-state index is 12.7. The number of fused-ring (bicyclic) bond motifs is 2. The number of nitrogens with zero attached hydrogens (tertiary/aromatic N) is 2. The van der Waals surface area contributed by atoms with Crippen molar-refractivity contribution < 1.29 is 14.4 Å². The Hall–Kier alpha value is -3.55. The van der Waals surface area contributed by atoms with E-state index in [1.54, 1.807) is 60.1 Å². The topological polar surface area (TPSA) is 79.4 Å². The normalized spacial score (nSPS) is 13.0. The lowest BCUT2D eigenvalue weighted by Gasteiger charge is -2.16. The Morgan fingerprint density at radius 2 is 1.70 bits per heavy atom. The van der Waals surface area contributed by atoms with Crippen molar-refractivity contribution in [3.05, 3.63) is 87.9 Å². The minimum Gasteiger partial charge on any atom is -0.322 e. The Balaban J connectivity index is 1.40. The molecule has 3 aromatic carbocycles. The summed E-state index contributed by atoms with van der Waals surface area (Å²) in [4.78, 5) is 43.2. The fraction of sp³-hybridized carbons (Fsp3) is 0. The van der Waals surface area contributed by atoms with Gasteiger partial charge >= 0.3 is 0 Å². The van der Waals surface area contributed by atoms with Gasteiger partial charge in [0.15, 0.2) is 0 Å². The third-order valence-electron chi connectivity index (χ3n) is 4.83. The van der Waals surface area contributed by atoms with Gasteiger partial charge in [-0.15, -0.1) is 11.3 Å². The van der Waals surface area contributed by atoms with Gasteiger partial charge in [0.25, 0.3) is 17.7 Å². The number of nitrogens with one attached hydrogen (secondary N) is 1. The number of imide groups is 1. The predicted molar refractivity (Wildman–Crippen MR) is 117 cm³/mol. The quantitative estimate of drug-likeness (QED) is 0.461. The van der Waals surface area contributed by atoms with Crippen LogP contribution in [0.2, 0.25) is 5.02 Å². The summed E-state index contributed by atoms with van der Waals surface area (Å²) in [6.45, 7) is 0. The highest BCUT2D eigenvalue weighted by molar-refractivity contribution is 7.16. The molecule has 0 fully saturated rings. The van der Waals surface area contributed by atoms with Gasteiger partial charge in [-0.2, -0.15) is 0 Å². The van der Waals surface area contributed by atoms with Crippen molar-refractivity contribution in [2.45, 2.75) is 0 Å². The van der Waals surface area contributed by atoms with E-state index in [0.29, 0.717) is 22.4 Å². The molecule has 1 aliphatic heterocycles. The van der Waals surface area contributed by atoms with Crippen LogP contribution in [0.15, 0.2) is 66.2 Å². The first-order valence-corrected chi connectivity index (χ1v) is 10.2. The first-order chi connectivity index (χ1) is 14.5. The molecule has 0 spiro atoms. The second-order valence-corrected chi connectivity index (χ2v) is 7.94. The number of benzene rings is 3. The summed E-state index contributed by atoms with van der Waals surface area (Å²) in [6.07, 6.45) is 0. The van der Waals surface area contributed by atoms with Crippen LogP contribution in [0.5, 0.6) is 0 Å². The zero-order chi connectivity index (χ0) is 20.8. The van der Waals surface area contributed by atoms with Crippen molar-refractivity contribution in [2.75, 3.05) is 10.2 Å². The summed E-state index contributed by atoms with van der Waals surface area (Å²) >= 11 is 7.83. The average molecular weight is 434 g/mol. The Morgan fingerprint density at radius 3 is 2.40 bits per heavy atom. The fourth-order valence-electron chi connectivity index (χ4n) is 3.37. The van der Waals surface area contributed by atoms with Crippen LogP contribution >= 0.6 is 22.9 Å². The van der Waals surface area contributed by atoms with Gasteiger partial charge < -0.3 is 5.32 Å². The molecule has 3 amide bonds. The Labute approximate surface area is 179 Å². The maximum Gasteiger partial charge on any atom is 0.266 e. The molecule has 1 aliphatic rings. The number of carbonyl (C=O) groups excluding carboxylic acids is 3. The zero-order valence-electron chi connectivity index (χ0n) is 15.3. The highest BCUT2D eigenvalue weighted by Crippen LogP contribution is 2.35. The number of thiazole rings is 1. The Bertz CT molecular complexity index is 1330. The number of hydrogen-bond donors (Lipinski definition) is 1. The summed E-state index contributed by atoms with van der Waals surface area (Å²) < 4.78 is 0.918. The van der Waals surface area contributed by atoms with Crippen LogP contribution < -0.4 is 10.2 Å². The number of rotatable bonds is 3. The van der Waals surface area contributed by atoms with Crippen LogP contribution in [0.1, 0.15) is 31.1 Å². The summed E-state index contributed by atoms with van der Waals surface area (Å²) in [5.74, 6) is -1.14. The molecule has 0 atom stereocenters. The van der Waals surface area contributed by atoms with Gasteiger partial charge in [-0.1, -0.05) is 23.7 Å². The smallest absolute Gasteiger partial charge is 0.266 e. The van der Waals surface area contributed by atoms with E-state index in [1.165, 1.54) is 17.4 Å². The van der Waals surface area contributed by atoms with Crippen molar-refractivity contribution >= 4 is 62.3 Å². The molecule has 0 unspecified atom stereocenters. The van der Waals surface area contributed by atoms with E-state index < -0.39 is 11.8 Å². The average Bonchev–Trinajstić information content (AvgIpc) is 3.31. The Kier molecular flexibility index (Phi) is 4.34. The van der Waals surface area contributed by atoms with Gasteiger partial charge in [-0.05, 0) is 48.5 Å². The van der Waals surface area contributed by atoms with E-state index in [9.17, 15) is 14.4 Å². The molecular formula is C22H12ClN3O3S. The summed E-state index contributed by atoms with van der Waals surface area (Å²) in [5.41, 5.74) is 4.46. The third-order valence-corrected chi connectivity index (χ3v) is 5.93. The van der Waals surface area contributed by atoms with E-state index in [4.69, 9.17) is 11.6 Å². The number of anilines is 2. The zero-order valence-corrected chi connectivity index (χ0v) is 16.8. The molecule has 0 aliphatic carbocycles. The van der Waals surface area contributed by atoms with Crippen molar-refractivity contribution in [3.8, 4) is 0 Å². The lowest BCUT2D eigenvalue weighted by Crippen LogP contribution is -2.29. The summed E-state index contributed by atoms with van der Waals surface area (Å²) in [6, 6.07) is 16.6. The monoisotopic (exact) mass is 433 g/mol. The minimum absolute atomic E-state index is 0.181. The molecule has 2 heterocycles. The van der Waals surface area contributed by atoms with Gasteiger partial charge in [0.1, 0.15) is 0 Å². The molecule has 5 rings (SSSR count). The van der Waals surface area contributed by atoms with Gasteiger partial charge in [0, 0.05) is 11.3 Å². The van der Waals surface area contributed by atoms with E-state index in [-0.39, 0.29) is 16.6 Å². The summed E-state index contributed by atoms with van der Waals surface area (Å²) in [5, 5.41) is 2.97. The molecule has 0 saturated carbocycles. The number of carbonyl (C=O) groups is 3. The van der Waals surface area contributed by atoms with Crippen LogP contribution in [0, 0.1) is 0 Å². The second kappa shape index (κ2) is 7.05. The van der Waals surface area contributed by atoms with Crippen molar-refractivity contribution in [1.82, 2.24) is 4.98 Å². The number of halogens is 1. The largest absolute Gasteiger partial charge is 0.322 e. The molecule has 0 bridgehead atoms. The third kappa shape index (κ3) is 2.96. The van der Waals surface area contributed by atoms with Crippen molar-refractivity contribution in [2.24, 2.45) is 0 Å². The molecule has 6 nitrogen and oxygen atoms in total. The lowest BCUT2D eigenvalue weighted by molar-refractivity contribution is 0.0924.